The highest BCUT2D eigenvalue weighted by atomic mass is 19.1. The Morgan fingerprint density at radius 2 is 1.97 bits per heavy atom. The second-order valence-corrected chi connectivity index (χ2v) is 7.45. The van der Waals surface area contributed by atoms with E-state index in [0.29, 0.717) is 18.5 Å². The Labute approximate surface area is 168 Å². The molecule has 2 atom stereocenters. The molecule has 1 aromatic heterocycles. The summed E-state index contributed by atoms with van der Waals surface area (Å²) in [5.74, 6) is -2.27. The molecule has 1 aromatic carbocycles. The van der Waals surface area contributed by atoms with Crippen LogP contribution in [-0.2, 0) is 9.59 Å². The van der Waals surface area contributed by atoms with E-state index in [0.717, 1.165) is 12.0 Å². The summed E-state index contributed by atoms with van der Waals surface area (Å²) in [6, 6.07) is 5.81. The van der Waals surface area contributed by atoms with Crippen molar-refractivity contribution in [3.8, 4) is 0 Å². The molecule has 7 nitrogen and oxygen atoms in total. The van der Waals surface area contributed by atoms with Crippen molar-refractivity contribution in [1.82, 2.24) is 9.88 Å². The number of pyridine rings is 1. The van der Waals surface area contributed by atoms with Crippen LogP contribution in [0.4, 0.5) is 10.1 Å². The van der Waals surface area contributed by atoms with Crippen LogP contribution in [0.2, 0.25) is 0 Å². The van der Waals surface area contributed by atoms with Crippen LogP contribution in [0.3, 0.4) is 0 Å². The molecule has 1 aliphatic heterocycles. The molecule has 8 heteroatoms. The minimum atomic E-state index is -0.827. The van der Waals surface area contributed by atoms with E-state index in [1.807, 2.05) is 6.92 Å². The van der Waals surface area contributed by atoms with Crippen LogP contribution >= 0.6 is 0 Å². The van der Waals surface area contributed by atoms with Gasteiger partial charge in [-0.3, -0.25) is 19.4 Å². The third-order valence-corrected chi connectivity index (χ3v) is 5.12. The van der Waals surface area contributed by atoms with Gasteiger partial charge in [0.05, 0.1) is 23.5 Å². The largest absolute Gasteiger partial charge is 0.366 e. The summed E-state index contributed by atoms with van der Waals surface area (Å²) in [4.78, 5) is 42.2. The van der Waals surface area contributed by atoms with Crippen molar-refractivity contribution < 1.29 is 18.8 Å². The second-order valence-electron chi connectivity index (χ2n) is 7.45. The molecule has 0 saturated carbocycles. The average Bonchev–Trinajstić information content (AvgIpc) is 2.69. The monoisotopic (exact) mass is 398 g/mol. The zero-order valence-corrected chi connectivity index (χ0v) is 16.3. The lowest BCUT2D eigenvalue weighted by Crippen LogP contribution is -2.46. The summed E-state index contributed by atoms with van der Waals surface area (Å²) in [6.07, 6.45) is 4.19. The first-order chi connectivity index (χ1) is 13.8. The maximum Gasteiger partial charge on any atom is 0.313 e. The summed E-state index contributed by atoms with van der Waals surface area (Å²) in [5, 5.41) is 2.48. The fourth-order valence-corrected chi connectivity index (χ4v) is 3.56. The van der Waals surface area contributed by atoms with Gasteiger partial charge in [-0.15, -0.1) is 0 Å². The normalized spacial score (nSPS) is 18.9. The van der Waals surface area contributed by atoms with Gasteiger partial charge >= 0.3 is 11.8 Å². The third kappa shape index (κ3) is 4.59. The van der Waals surface area contributed by atoms with Crippen LogP contribution in [0.1, 0.15) is 47.3 Å². The number of likely N-dealkylation sites (tertiary alicyclic amines) is 1. The molecule has 0 unspecified atom stereocenters. The van der Waals surface area contributed by atoms with Gasteiger partial charge in [0.15, 0.2) is 0 Å². The summed E-state index contributed by atoms with van der Waals surface area (Å²) in [7, 11) is 0. The van der Waals surface area contributed by atoms with Gasteiger partial charge < -0.3 is 16.0 Å². The molecule has 2 heterocycles. The SMILES string of the molecule is Cc1cc([C@H]2CC[C@H](C)CN2C(=O)C(=O)Nc2cncc(C(N)=O)c2)ccc1F. The Bertz CT molecular complexity index is 963. The molecule has 1 saturated heterocycles. The molecule has 152 valence electrons. The average molecular weight is 398 g/mol. The van der Waals surface area contributed by atoms with Gasteiger partial charge in [0.1, 0.15) is 5.82 Å². The highest BCUT2D eigenvalue weighted by Crippen LogP contribution is 2.34. The van der Waals surface area contributed by atoms with Crippen LogP contribution in [0, 0.1) is 18.7 Å². The number of amides is 3. The summed E-state index contributed by atoms with van der Waals surface area (Å²) < 4.78 is 13.7. The van der Waals surface area contributed by atoms with Gasteiger partial charge in [-0.05, 0) is 48.9 Å². The first-order valence-electron chi connectivity index (χ1n) is 9.39. The highest BCUT2D eigenvalue weighted by Gasteiger charge is 2.34. The van der Waals surface area contributed by atoms with Crippen molar-refractivity contribution in [3.05, 3.63) is 59.2 Å². The van der Waals surface area contributed by atoms with E-state index in [4.69, 9.17) is 5.73 Å². The number of hydrogen-bond acceptors (Lipinski definition) is 4. The van der Waals surface area contributed by atoms with Crippen LogP contribution in [0.15, 0.2) is 36.7 Å². The molecule has 1 fully saturated rings. The van der Waals surface area contributed by atoms with E-state index < -0.39 is 17.7 Å². The van der Waals surface area contributed by atoms with E-state index in [2.05, 4.69) is 10.3 Å². The Balaban J connectivity index is 1.81. The number of aromatic nitrogens is 1. The van der Waals surface area contributed by atoms with E-state index in [9.17, 15) is 18.8 Å². The fraction of sp³-hybridized carbons (Fsp3) is 0.333. The first kappa shape index (κ1) is 20.4. The first-order valence-corrected chi connectivity index (χ1v) is 9.39. The fourth-order valence-electron chi connectivity index (χ4n) is 3.56. The molecule has 3 N–H and O–H groups in total. The van der Waals surface area contributed by atoms with E-state index in [-0.39, 0.29) is 29.0 Å². The number of carbonyl (C=O) groups excluding carboxylic acids is 3. The lowest BCUT2D eigenvalue weighted by atomic mass is 9.89. The Hall–Kier alpha value is -3.29. The molecule has 0 aliphatic carbocycles. The maximum atomic E-state index is 13.7. The standard InChI is InChI=1S/C21H23FN4O3/c1-12-3-6-18(14-4-5-17(22)13(2)7-14)26(11-12)21(29)20(28)25-16-8-15(19(23)27)9-24-10-16/h4-5,7-10,12,18H,3,6,11H2,1-2H3,(H2,23,27)(H,25,28)/t12-,18+/m0/s1. The summed E-state index contributed by atoms with van der Waals surface area (Å²) in [5.41, 5.74) is 6.84. The molecular formula is C21H23FN4O3. The summed E-state index contributed by atoms with van der Waals surface area (Å²) in [6.45, 7) is 4.11. The van der Waals surface area contributed by atoms with E-state index >= 15 is 0 Å². The van der Waals surface area contributed by atoms with Gasteiger partial charge in [0.2, 0.25) is 5.91 Å². The van der Waals surface area contributed by atoms with Gasteiger partial charge in [0, 0.05) is 12.7 Å². The Kier molecular flexibility index (Phi) is 5.91. The number of benzene rings is 1. The predicted octanol–water partition coefficient (Wildman–Crippen LogP) is 2.57. The number of aryl methyl sites for hydroxylation is 1. The Morgan fingerprint density at radius 3 is 2.66 bits per heavy atom. The second kappa shape index (κ2) is 8.38. The third-order valence-electron chi connectivity index (χ3n) is 5.12. The number of nitrogens with two attached hydrogens (primary N) is 1. The zero-order chi connectivity index (χ0) is 21.1. The topological polar surface area (TPSA) is 105 Å². The minimum Gasteiger partial charge on any atom is -0.366 e. The van der Waals surface area contributed by atoms with Crippen LogP contribution in [0.5, 0.6) is 0 Å². The molecular weight excluding hydrogens is 375 g/mol. The minimum absolute atomic E-state index is 0.126. The van der Waals surface area contributed by atoms with Crippen molar-refractivity contribution in [3.63, 3.8) is 0 Å². The van der Waals surface area contributed by atoms with E-state index in [1.54, 1.807) is 19.1 Å². The number of rotatable bonds is 3. The highest BCUT2D eigenvalue weighted by molar-refractivity contribution is 6.39. The molecule has 3 amide bonds. The van der Waals surface area contributed by atoms with Crippen molar-refractivity contribution in [2.45, 2.75) is 32.7 Å². The predicted molar refractivity (Wildman–Crippen MR) is 105 cm³/mol. The molecule has 0 bridgehead atoms. The molecule has 0 radical (unpaired) electrons. The van der Waals surface area contributed by atoms with Crippen LogP contribution in [-0.4, -0.2) is 34.2 Å². The number of nitrogens with one attached hydrogen (secondary N) is 1. The number of primary amides is 1. The quantitative estimate of drug-likeness (QED) is 0.775. The van der Waals surface area contributed by atoms with E-state index in [1.165, 1.54) is 29.4 Å². The number of halogens is 1. The number of piperidine rings is 1. The number of anilines is 1. The van der Waals surface area contributed by atoms with Crippen molar-refractivity contribution in [2.75, 3.05) is 11.9 Å². The van der Waals surface area contributed by atoms with Gasteiger partial charge in [0.25, 0.3) is 0 Å². The zero-order valence-electron chi connectivity index (χ0n) is 16.3. The van der Waals surface area contributed by atoms with Crippen molar-refractivity contribution in [2.24, 2.45) is 11.7 Å². The molecule has 0 spiro atoms. The maximum absolute atomic E-state index is 13.7. The van der Waals surface area contributed by atoms with Crippen LogP contribution in [0.25, 0.3) is 0 Å². The van der Waals surface area contributed by atoms with Gasteiger partial charge in [-0.1, -0.05) is 19.1 Å². The van der Waals surface area contributed by atoms with Gasteiger partial charge in [-0.2, -0.15) is 0 Å². The lowest BCUT2D eigenvalue weighted by Gasteiger charge is -2.38. The number of hydrogen-bond donors (Lipinski definition) is 2. The van der Waals surface area contributed by atoms with Crippen molar-refractivity contribution in [1.29, 1.82) is 0 Å². The Morgan fingerprint density at radius 1 is 1.21 bits per heavy atom. The van der Waals surface area contributed by atoms with Gasteiger partial charge in [-0.25, -0.2) is 4.39 Å². The van der Waals surface area contributed by atoms with Crippen LogP contribution < -0.4 is 11.1 Å². The number of carbonyl (C=O) groups is 3. The number of nitrogens with zero attached hydrogens (tertiary/aromatic N) is 2. The molecule has 3 rings (SSSR count). The smallest absolute Gasteiger partial charge is 0.313 e. The lowest BCUT2D eigenvalue weighted by molar-refractivity contribution is -0.146. The summed E-state index contributed by atoms with van der Waals surface area (Å²) >= 11 is 0. The van der Waals surface area contributed by atoms with Crippen molar-refractivity contribution >= 4 is 23.4 Å². The molecule has 2 aromatic rings. The molecule has 1 aliphatic rings. The molecule has 29 heavy (non-hydrogen) atoms.